The first-order valence-corrected chi connectivity index (χ1v) is 8.40. The van der Waals surface area contributed by atoms with Crippen molar-refractivity contribution < 1.29 is 14.4 Å². The largest absolute Gasteiger partial charge is 0.497 e. The molecule has 25 heavy (non-hydrogen) atoms. The van der Waals surface area contributed by atoms with Crippen LogP contribution in [0, 0.1) is 6.92 Å². The predicted octanol–water partition coefficient (Wildman–Crippen LogP) is 3.47. The second kappa shape index (κ2) is 6.20. The molecule has 1 atom stereocenters. The molecular weight excluding hydrogens is 318 g/mol. The molecule has 0 radical (unpaired) electrons. The number of hydrogen-bond acceptors (Lipinski definition) is 5. The Morgan fingerprint density at radius 1 is 1.40 bits per heavy atom. The fourth-order valence-corrected chi connectivity index (χ4v) is 3.15. The highest BCUT2D eigenvalue weighted by atomic mass is 16.5. The number of rotatable bonds is 5. The van der Waals surface area contributed by atoms with Crippen molar-refractivity contribution >= 4 is 10.9 Å². The molecule has 2 heterocycles. The molecule has 4 N–H and O–H groups in total. The molecule has 134 valence electrons. The number of aromatic nitrogens is 2. The molecule has 3 aromatic rings. The van der Waals surface area contributed by atoms with Gasteiger partial charge in [-0.15, -0.1) is 0 Å². The number of aryl methyl sites for hydroxylation is 2. The smallest absolute Gasteiger partial charge is 0.143 e. The lowest BCUT2D eigenvalue weighted by Crippen LogP contribution is -2.39. The number of H-pyrrole nitrogens is 1. The summed E-state index contributed by atoms with van der Waals surface area (Å²) in [5, 5.41) is 16.0. The summed E-state index contributed by atoms with van der Waals surface area (Å²) >= 11 is 0. The van der Waals surface area contributed by atoms with E-state index in [0.717, 1.165) is 45.6 Å². The summed E-state index contributed by atoms with van der Waals surface area (Å²) in [6.45, 7) is 7.51. The molecule has 0 aliphatic carbocycles. The van der Waals surface area contributed by atoms with Crippen LogP contribution in [0.2, 0.25) is 0 Å². The van der Waals surface area contributed by atoms with Crippen molar-refractivity contribution in [3.05, 3.63) is 35.2 Å². The van der Waals surface area contributed by atoms with Crippen molar-refractivity contribution in [3.63, 3.8) is 0 Å². The van der Waals surface area contributed by atoms with Gasteiger partial charge in [0, 0.05) is 22.0 Å². The summed E-state index contributed by atoms with van der Waals surface area (Å²) in [6.07, 6.45) is -0.144. The van der Waals surface area contributed by atoms with Gasteiger partial charge >= 0.3 is 0 Å². The maximum atomic E-state index is 11.0. The van der Waals surface area contributed by atoms with E-state index in [0.29, 0.717) is 5.76 Å². The summed E-state index contributed by atoms with van der Waals surface area (Å²) < 4.78 is 10.7. The molecule has 0 amide bonds. The Kier molecular flexibility index (Phi) is 4.34. The minimum atomic E-state index is -0.873. The van der Waals surface area contributed by atoms with Crippen LogP contribution >= 0.6 is 0 Å². The molecule has 6 nitrogen and oxygen atoms in total. The molecule has 0 saturated heterocycles. The first-order chi connectivity index (χ1) is 11.8. The summed E-state index contributed by atoms with van der Waals surface area (Å²) in [5.41, 5.74) is 9.58. The fraction of sp³-hybridized carbons (Fsp3) is 0.421. The van der Waals surface area contributed by atoms with Crippen molar-refractivity contribution in [2.75, 3.05) is 7.11 Å². The van der Waals surface area contributed by atoms with Crippen molar-refractivity contribution in [1.82, 2.24) is 10.1 Å². The summed E-state index contributed by atoms with van der Waals surface area (Å²) in [4.78, 5) is 3.42. The minimum Gasteiger partial charge on any atom is -0.497 e. The maximum Gasteiger partial charge on any atom is 0.143 e. The number of nitrogens with one attached hydrogen (secondary N) is 1. The van der Waals surface area contributed by atoms with Crippen LogP contribution < -0.4 is 10.5 Å². The monoisotopic (exact) mass is 343 g/mol. The average molecular weight is 343 g/mol. The molecule has 1 unspecified atom stereocenters. The molecule has 1 aromatic carbocycles. The van der Waals surface area contributed by atoms with E-state index in [9.17, 15) is 5.11 Å². The van der Waals surface area contributed by atoms with Crippen LogP contribution in [0.15, 0.2) is 22.7 Å². The number of methoxy groups -OCH3 is 1. The lowest BCUT2D eigenvalue weighted by Gasteiger charge is -2.26. The van der Waals surface area contributed by atoms with Gasteiger partial charge in [0.2, 0.25) is 0 Å². The van der Waals surface area contributed by atoms with Gasteiger partial charge in [-0.25, -0.2) is 0 Å². The molecule has 0 aliphatic heterocycles. The van der Waals surface area contributed by atoms with E-state index < -0.39 is 11.6 Å². The SMILES string of the molecule is CCc1noc(C)c1-c1[nH]c2ccc(OC)cc2c1C(O)C(C)(C)N. The van der Waals surface area contributed by atoms with E-state index in [-0.39, 0.29) is 0 Å². The average Bonchev–Trinajstić information content (AvgIpc) is 3.11. The van der Waals surface area contributed by atoms with Crippen LogP contribution in [-0.4, -0.2) is 27.9 Å². The molecule has 6 heteroatoms. The van der Waals surface area contributed by atoms with Crippen LogP contribution in [-0.2, 0) is 6.42 Å². The first kappa shape index (κ1) is 17.5. The molecule has 0 aliphatic rings. The quantitative estimate of drug-likeness (QED) is 0.659. The van der Waals surface area contributed by atoms with Crippen molar-refractivity contribution in [1.29, 1.82) is 0 Å². The number of fused-ring (bicyclic) bond motifs is 1. The highest BCUT2D eigenvalue weighted by Gasteiger charge is 2.32. The van der Waals surface area contributed by atoms with Crippen LogP contribution in [0.3, 0.4) is 0 Å². The number of ether oxygens (including phenoxy) is 1. The maximum absolute atomic E-state index is 11.0. The van der Waals surface area contributed by atoms with Gasteiger partial charge in [-0.2, -0.15) is 0 Å². The third kappa shape index (κ3) is 2.92. The van der Waals surface area contributed by atoms with Crippen LogP contribution in [0.5, 0.6) is 5.75 Å². The molecule has 3 rings (SSSR count). The summed E-state index contributed by atoms with van der Waals surface area (Å²) in [6, 6.07) is 5.73. The Bertz CT molecular complexity index is 903. The van der Waals surface area contributed by atoms with E-state index in [1.165, 1.54) is 0 Å². The molecule has 2 aromatic heterocycles. The predicted molar refractivity (Wildman–Crippen MR) is 97.7 cm³/mol. The van der Waals surface area contributed by atoms with Crippen LogP contribution in [0.1, 0.15) is 43.9 Å². The first-order valence-electron chi connectivity index (χ1n) is 8.40. The number of nitrogens with two attached hydrogens (primary N) is 1. The van der Waals surface area contributed by atoms with Gasteiger partial charge < -0.3 is 25.1 Å². The van der Waals surface area contributed by atoms with E-state index >= 15 is 0 Å². The molecule has 0 spiro atoms. The van der Waals surface area contributed by atoms with Crippen molar-refractivity contribution in [2.45, 2.75) is 45.8 Å². The van der Waals surface area contributed by atoms with Gasteiger partial charge in [0.1, 0.15) is 11.5 Å². The minimum absolute atomic E-state index is 0.707. The van der Waals surface area contributed by atoms with Gasteiger partial charge in [-0.3, -0.25) is 0 Å². The van der Waals surface area contributed by atoms with Gasteiger partial charge in [0.15, 0.2) is 0 Å². The lowest BCUT2D eigenvalue weighted by atomic mass is 9.88. The van der Waals surface area contributed by atoms with E-state index in [4.69, 9.17) is 15.0 Å². The second-order valence-corrected chi connectivity index (χ2v) is 6.96. The summed E-state index contributed by atoms with van der Waals surface area (Å²) in [7, 11) is 1.62. The van der Waals surface area contributed by atoms with Crippen molar-refractivity contribution in [2.24, 2.45) is 5.73 Å². The Hall–Kier alpha value is -2.31. The molecule has 0 bridgehead atoms. The normalized spacial score (nSPS) is 13.4. The third-order valence-corrected chi connectivity index (χ3v) is 4.54. The topological polar surface area (TPSA) is 97.3 Å². The molecule has 0 fully saturated rings. The number of nitrogens with zero attached hydrogens (tertiary/aromatic N) is 1. The highest BCUT2D eigenvalue weighted by Crippen LogP contribution is 2.41. The highest BCUT2D eigenvalue weighted by molar-refractivity contribution is 5.93. The number of aliphatic hydroxyl groups is 1. The zero-order valence-electron chi connectivity index (χ0n) is 15.3. The van der Waals surface area contributed by atoms with Crippen molar-refractivity contribution in [3.8, 4) is 17.0 Å². The summed E-state index contributed by atoms with van der Waals surface area (Å²) in [5.74, 6) is 1.43. The third-order valence-electron chi connectivity index (χ3n) is 4.54. The Morgan fingerprint density at radius 3 is 2.72 bits per heavy atom. The molecule has 0 saturated carbocycles. The van der Waals surface area contributed by atoms with Gasteiger partial charge in [-0.05, 0) is 45.4 Å². The second-order valence-electron chi connectivity index (χ2n) is 6.96. The fourth-order valence-electron chi connectivity index (χ4n) is 3.15. The van der Waals surface area contributed by atoms with E-state index in [1.807, 2.05) is 45.9 Å². The van der Waals surface area contributed by atoms with Gasteiger partial charge in [-0.1, -0.05) is 12.1 Å². The van der Waals surface area contributed by atoms with Crippen LogP contribution in [0.4, 0.5) is 0 Å². The Labute approximate surface area is 147 Å². The molecular formula is C19H25N3O3. The Balaban J connectivity index is 2.36. The van der Waals surface area contributed by atoms with Gasteiger partial charge in [0.25, 0.3) is 0 Å². The Morgan fingerprint density at radius 2 is 2.12 bits per heavy atom. The number of hydrogen-bond donors (Lipinski definition) is 3. The van der Waals surface area contributed by atoms with E-state index in [2.05, 4.69) is 10.1 Å². The lowest BCUT2D eigenvalue weighted by molar-refractivity contribution is 0.106. The number of benzene rings is 1. The number of aliphatic hydroxyl groups excluding tert-OH is 1. The van der Waals surface area contributed by atoms with Crippen LogP contribution in [0.25, 0.3) is 22.2 Å². The number of aromatic amines is 1. The van der Waals surface area contributed by atoms with Gasteiger partial charge in [0.05, 0.1) is 30.2 Å². The van der Waals surface area contributed by atoms with E-state index in [1.54, 1.807) is 7.11 Å². The zero-order valence-corrected chi connectivity index (χ0v) is 15.3. The zero-order chi connectivity index (χ0) is 18.4. The standard InChI is InChI=1S/C19H25N3O3/c1-6-13-15(10(2)25-22-13)17-16(18(23)19(3,4)20)12-9-11(24-5)7-8-14(12)21-17/h7-9,18,21,23H,6,20H2,1-5H3.